The Morgan fingerprint density at radius 2 is 1.07 bits per heavy atom. The summed E-state index contributed by atoms with van der Waals surface area (Å²) in [4.78, 5) is 11.6. The number of carbonyl (C=O) groups is 1. The molecular formula is C37H66O6. The first-order valence-electron chi connectivity index (χ1n) is 18.6. The maximum atomic E-state index is 11.6. The van der Waals surface area contributed by atoms with Gasteiger partial charge in [0.15, 0.2) is 0 Å². The van der Waals surface area contributed by atoms with Crippen LogP contribution in [0.4, 0.5) is 0 Å². The Morgan fingerprint density at radius 1 is 0.651 bits per heavy atom. The lowest BCUT2D eigenvalue weighted by molar-refractivity contribution is -0.139. The van der Waals surface area contributed by atoms with Crippen molar-refractivity contribution in [2.75, 3.05) is 0 Å². The van der Waals surface area contributed by atoms with Gasteiger partial charge < -0.3 is 24.4 Å². The Hall–Kier alpha value is -0.950. The number of aliphatic hydroxyl groups is 2. The van der Waals surface area contributed by atoms with Gasteiger partial charge in [-0.1, -0.05) is 116 Å². The standard InChI is InChI=1S/C37H66O6/c1-3-4-5-6-7-13-16-19-22-31(38)33-24-26-35(42-33)36-27-25-34(43-36)32(39)23-20-17-14-11-9-8-10-12-15-18-21-30-28-29(2)41-37(30)40/h28-29,31-36,38-39H,3-27H2,1-2H3/t29-,31+,32+,33+,34+,35-,36-/m0/s1. The second kappa shape index (κ2) is 21.7. The molecule has 0 unspecified atom stereocenters. The molecular weight excluding hydrogens is 540 g/mol. The average Bonchev–Trinajstić information content (AvgIpc) is 3.75. The van der Waals surface area contributed by atoms with E-state index < -0.39 is 0 Å². The lowest BCUT2D eigenvalue weighted by Crippen LogP contribution is -2.33. The van der Waals surface area contributed by atoms with Crippen LogP contribution in [-0.4, -0.2) is 58.9 Å². The third-order valence-electron chi connectivity index (χ3n) is 9.98. The van der Waals surface area contributed by atoms with E-state index in [4.69, 9.17) is 14.2 Å². The first-order chi connectivity index (χ1) is 21.0. The third-order valence-corrected chi connectivity index (χ3v) is 9.98. The van der Waals surface area contributed by atoms with E-state index in [0.29, 0.717) is 0 Å². The molecule has 0 aliphatic carbocycles. The molecule has 3 aliphatic heterocycles. The molecule has 0 aromatic heterocycles. The first-order valence-corrected chi connectivity index (χ1v) is 18.6. The van der Waals surface area contributed by atoms with Crippen molar-refractivity contribution in [3.63, 3.8) is 0 Å². The second-order valence-corrected chi connectivity index (χ2v) is 13.9. The minimum atomic E-state index is -0.375. The van der Waals surface area contributed by atoms with E-state index in [-0.39, 0.29) is 48.7 Å². The van der Waals surface area contributed by atoms with Crippen molar-refractivity contribution in [1.29, 1.82) is 0 Å². The maximum Gasteiger partial charge on any atom is 0.334 e. The average molecular weight is 607 g/mol. The normalized spacial score (nSPS) is 27.0. The predicted molar refractivity (Wildman–Crippen MR) is 174 cm³/mol. The minimum absolute atomic E-state index is 0.0466. The van der Waals surface area contributed by atoms with Crippen molar-refractivity contribution >= 4 is 5.97 Å². The summed E-state index contributed by atoms with van der Waals surface area (Å²) in [5, 5.41) is 21.4. The van der Waals surface area contributed by atoms with Crippen molar-refractivity contribution in [2.45, 2.75) is 217 Å². The number of ether oxygens (including phenoxy) is 3. The number of cyclic esters (lactones) is 1. The smallest absolute Gasteiger partial charge is 0.334 e. The van der Waals surface area contributed by atoms with Gasteiger partial charge in [-0.2, -0.15) is 0 Å². The number of carbonyl (C=O) groups excluding carboxylic acids is 1. The molecule has 3 heterocycles. The zero-order valence-corrected chi connectivity index (χ0v) is 27.8. The third kappa shape index (κ3) is 14.3. The van der Waals surface area contributed by atoms with E-state index in [1.165, 1.54) is 96.3 Å². The summed E-state index contributed by atoms with van der Waals surface area (Å²) in [5.74, 6) is -0.118. The van der Waals surface area contributed by atoms with Gasteiger partial charge in [0.1, 0.15) is 6.10 Å². The van der Waals surface area contributed by atoms with Crippen molar-refractivity contribution in [2.24, 2.45) is 0 Å². The molecule has 6 nitrogen and oxygen atoms in total. The van der Waals surface area contributed by atoms with E-state index >= 15 is 0 Å². The van der Waals surface area contributed by atoms with Gasteiger partial charge in [0, 0.05) is 5.57 Å². The number of esters is 1. The zero-order chi connectivity index (χ0) is 30.7. The fraction of sp³-hybridized carbons (Fsp3) is 0.919. The lowest BCUT2D eigenvalue weighted by atomic mass is 10.0. The van der Waals surface area contributed by atoms with Crippen LogP contribution in [0.3, 0.4) is 0 Å². The molecule has 3 rings (SSSR count). The van der Waals surface area contributed by atoms with Crippen LogP contribution in [-0.2, 0) is 19.0 Å². The predicted octanol–water partition coefficient (Wildman–Crippen LogP) is 8.89. The van der Waals surface area contributed by atoms with Crippen LogP contribution in [0.2, 0.25) is 0 Å². The molecule has 6 heteroatoms. The number of unbranched alkanes of at least 4 members (excludes halogenated alkanes) is 16. The van der Waals surface area contributed by atoms with E-state index in [1.54, 1.807) is 0 Å². The van der Waals surface area contributed by atoms with Crippen LogP contribution in [0.1, 0.15) is 174 Å². The van der Waals surface area contributed by atoms with E-state index in [0.717, 1.165) is 69.8 Å². The molecule has 2 fully saturated rings. The molecule has 0 aromatic carbocycles. The van der Waals surface area contributed by atoms with Crippen molar-refractivity contribution in [3.05, 3.63) is 11.6 Å². The van der Waals surface area contributed by atoms with Gasteiger partial charge in [0.05, 0.1) is 36.6 Å². The van der Waals surface area contributed by atoms with Crippen molar-refractivity contribution in [3.8, 4) is 0 Å². The summed E-state index contributed by atoms with van der Waals surface area (Å²) in [6.07, 6.45) is 29.9. The summed E-state index contributed by atoms with van der Waals surface area (Å²) in [5.41, 5.74) is 0.869. The fourth-order valence-electron chi connectivity index (χ4n) is 7.25. The van der Waals surface area contributed by atoms with Gasteiger partial charge >= 0.3 is 5.97 Å². The van der Waals surface area contributed by atoms with Crippen molar-refractivity contribution < 1.29 is 29.2 Å². The highest BCUT2D eigenvalue weighted by atomic mass is 16.6. The highest BCUT2D eigenvalue weighted by molar-refractivity contribution is 5.90. The summed E-state index contributed by atoms with van der Waals surface area (Å²) < 4.78 is 17.7. The summed E-state index contributed by atoms with van der Waals surface area (Å²) in [7, 11) is 0. The Balaban J connectivity index is 1.12. The SMILES string of the molecule is CCCCCCCCCC[C@@H](O)[C@H]1CC[C@@H]([C@@H]2CC[C@H]([C@H](O)CCCCCCCCCCCCC3=C[C@H](C)OC3=O)O2)O1. The van der Waals surface area contributed by atoms with Gasteiger partial charge in [0.25, 0.3) is 0 Å². The van der Waals surface area contributed by atoms with Gasteiger partial charge in [-0.15, -0.1) is 0 Å². The molecule has 2 N–H and O–H groups in total. The fourth-order valence-corrected chi connectivity index (χ4v) is 7.25. The quantitative estimate of drug-likeness (QED) is 0.0797. The van der Waals surface area contributed by atoms with E-state index in [9.17, 15) is 15.0 Å². The second-order valence-electron chi connectivity index (χ2n) is 13.9. The molecule has 7 atom stereocenters. The topological polar surface area (TPSA) is 85.2 Å². The molecule has 0 radical (unpaired) electrons. The van der Waals surface area contributed by atoms with Gasteiger partial charge in [-0.05, 0) is 64.4 Å². The lowest BCUT2D eigenvalue weighted by Gasteiger charge is -2.24. The molecule has 250 valence electrons. The van der Waals surface area contributed by atoms with Crippen LogP contribution in [0.5, 0.6) is 0 Å². The number of hydrogen-bond donors (Lipinski definition) is 2. The Labute approximate surface area is 263 Å². The van der Waals surface area contributed by atoms with Gasteiger partial charge in [-0.3, -0.25) is 0 Å². The van der Waals surface area contributed by atoms with Crippen molar-refractivity contribution in [1.82, 2.24) is 0 Å². The first kappa shape index (κ1) is 36.5. The summed E-state index contributed by atoms with van der Waals surface area (Å²) in [6, 6.07) is 0. The molecule has 0 saturated carbocycles. The van der Waals surface area contributed by atoms with Crippen LogP contribution < -0.4 is 0 Å². The monoisotopic (exact) mass is 606 g/mol. The van der Waals surface area contributed by atoms with Crippen LogP contribution in [0.25, 0.3) is 0 Å². The van der Waals surface area contributed by atoms with E-state index in [1.807, 2.05) is 13.0 Å². The number of rotatable bonds is 25. The minimum Gasteiger partial charge on any atom is -0.455 e. The number of hydrogen-bond acceptors (Lipinski definition) is 6. The molecule has 0 amide bonds. The molecule has 3 aliphatic rings. The Bertz CT molecular complexity index is 768. The van der Waals surface area contributed by atoms with Crippen LogP contribution in [0.15, 0.2) is 11.6 Å². The van der Waals surface area contributed by atoms with Crippen LogP contribution in [0, 0.1) is 0 Å². The zero-order valence-electron chi connectivity index (χ0n) is 27.8. The number of aliphatic hydroxyl groups excluding tert-OH is 2. The molecule has 43 heavy (non-hydrogen) atoms. The molecule has 2 saturated heterocycles. The Morgan fingerprint density at radius 3 is 1.49 bits per heavy atom. The highest BCUT2D eigenvalue weighted by Gasteiger charge is 2.40. The maximum absolute atomic E-state index is 11.6. The Kier molecular flexibility index (Phi) is 18.5. The highest BCUT2D eigenvalue weighted by Crippen LogP contribution is 2.34. The van der Waals surface area contributed by atoms with Gasteiger partial charge in [-0.25, -0.2) is 4.79 Å². The summed E-state index contributed by atoms with van der Waals surface area (Å²) >= 11 is 0. The summed E-state index contributed by atoms with van der Waals surface area (Å²) in [6.45, 7) is 4.17. The van der Waals surface area contributed by atoms with Crippen LogP contribution >= 0.6 is 0 Å². The molecule has 0 spiro atoms. The van der Waals surface area contributed by atoms with E-state index in [2.05, 4.69) is 6.92 Å². The molecule has 0 aromatic rings. The van der Waals surface area contributed by atoms with Gasteiger partial charge in [0.2, 0.25) is 0 Å². The largest absolute Gasteiger partial charge is 0.455 e. The molecule has 0 bridgehead atoms.